The molecule has 0 bridgehead atoms. The number of ether oxygens (including phenoxy) is 1. The van der Waals surface area contributed by atoms with Crippen molar-refractivity contribution in [1.82, 2.24) is 24.6 Å². The number of hydrogen-bond donors (Lipinski definition) is 1. The Morgan fingerprint density at radius 3 is 2.75 bits per heavy atom. The van der Waals surface area contributed by atoms with E-state index in [4.69, 9.17) is 4.74 Å². The van der Waals surface area contributed by atoms with Gasteiger partial charge in [-0.1, -0.05) is 0 Å². The number of pyridine rings is 1. The zero-order valence-electron chi connectivity index (χ0n) is 13.8. The van der Waals surface area contributed by atoms with Crippen molar-refractivity contribution in [2.45, 2.75) is 25.4 Å². The summed E-state index contributed by atoms with van der Waals surface area (Å²) in [7, 11) is 3.43. The summed E-state index contributed by atoms with van der Waals surface area (Å²) in [5.74, 6) is 2.21. The molecule has 2 aromatic rings. The van der Waals surface area contributed by atoms with Gasteiger partial charge in [-0.2, -0.15) is 0 Å². The lowest BCUT2D eigenvalue weighted by molar-refractivity contribution is 0.0704. The average molecular weight is 331 g/mol. The van der Waals surface area contributed by atoms with Crippen LogP contribution in [0.1, 0.15) is 40.9 Å². The Morgan fingerprint density at radius 1 is 1.38 bits per heavy atom. The molecule has 3 rings (SSSR count). The second-order valence-corrected chi connectivity index (χ2v) is 5.84. The lowest BCUT2D eigenvalue weighted by atomic mass is 9.95. The molecule has 0 aromatic carbocycles. The molecule has 128 valence electrons. The molecule has 1 N–H and O–H groups in total. The molecule has 24 heavy (non-hydrogen) atoms. The largest absolute Gasteiger partial charge is 0.497 e. The first-order valence-corrected chi connectivity index (χ1v) is 7.92. The van der Waals surface area contributed by atoms with Crippen LogP contribution in [0.2, 0.25) is 0 Å². The highest BCUT2D eigenvalue weighted by atomic mass is 16.5. The number of rotatable bonds is 4. The first kappa shape index (κ1) is 16.4. The monoisotopic (exact) mass is 331 g/mol. The van der Waals surface area contributed by atoms with Crippen molar-refractivity contribution in [3.63, 3.8) is 0 Å². The lowest BCUT2D eigenvalue weighted by Gasteiger charge is -2.31. The van der Waals surface area contributed by atoms with E-state index in [1.54, 1.807) is 25.4 Å². The molecule has 8 heteroatoms. The summed E-state index contributed by atoms with van der Waals surface area (Å²) >= 11 is 0. The molecule has 8 nitrogen and oxygen atoms in total. The minimum atomic E-state index is -0.123. The Labute approximate surface area is 140 Å². The molecule has 1 saturated heterocycles. The number of aromatic nitrogens is 4. The standard InChI is InChI=1S/C16H21N5O3/c1-20-14(10-22)18-19-15(20)11-4-7-21(8-5-11)16(23)13-9-12(24-2)3-6-17-13/h3,6,9,11,22H,4-5,7-8,10H2,1-2H3. The number of methoxy groups -OCH3 is 1. The van der Waals surface area contributed by atoms with Gasteiger partial charge in [-0.3, -0.25) is 9.78 Å². The van der Waals surface area contributed by atoms with Crippen LogP contribution in [0.3, 0.4) is 0 Å². The minimum Gasteiger partial charge on any atom is -0.497 e. The Balaban J connectivity index is 1.66. The number of carbonyl (C=O) groups is 1. The van der Waals surface area contributed by atoms with E-state index in [1.165, 1.54) is 0 Å². The molecule has 2 aromatic heterocycles. The van der Waals surface area contributed by atoms with Crippen LogP contribution in [0.4, 0.5) is 0 Å². The van der Waals surface area contributed by atoms with E-state index in [1.807, 2.05) is 16.5 Å². The van der Waals surface area contributed by atoms with Crippen LogP contribution in [-0.4, -0.2) is 55.9 Å². The van der Waals surface area contributed by atoms with Gasteiger partial charge in [-0.05, 0) is 18.9 Å². The zero-order valence-corrected chi connectivity index (χ0v) is 13.8. The summed E-state index contributed by atoms with van der Waals surface area (Å²) in [5.41, 5.74) is 0.397. The van der Waals surface area contributed by atoms with Crippen LogP contribution in [-0.2, 0) is 13.7 Å². The SMILES string of the molecule is COc1ccnc(C(=O)N2CCC(c3nnc(CO)n3C)CC2)c1. The molecule has 1 fully saturated rings. The van der Waals surface area contributed by atoms with Crippen LogP contribution in [0, 0.1) is 0 Å². The number of likely N-dealkylation sites (tertiary alicyclic amines) is 1. The molecule has 1 amide bonds. The van der Waals surface area contributed by atoms with Gasteiger partial charge in [0, 0.05) is 38.3 Å². The van der Waals surface area contributed by atoms with Crippen LogP contribution in [0.25, 0.3) is 0 Å². The Hall–Kier alpha value is -2.48. The number of nitrogens with zero attached hydrogens (tertiary/aromatic N) is 5. The smallest absolute Gasteiger partial charge is 0.272 e. The van der Waals surface area contributed by atoms with Gasteiger partial charge in [0.05, 0.1) is 7.11 Å². The third-order valence-electron chi connectivity index (χ3n) is 4.47. The van der Waals surface area contributed by atoms with E-state index in [0.29, 0.717) is 30.4 Å². The Morgan fingerprint density at radius 2 is 2.12 bits per heavy atom. The number of aliphatic hydroxyl groups is 1. The highest BCUT2D eigenvalue weighted by Gasteiger charge is 2.28. The predicted octanol–water partition coefficient (Wildman–Crippen LogP) is 0.731. The maximum atomic E-state index is 12.6. The molecule has 0 saturated carbocycles. The van der Waals surface area contributed by atoms with Gasteiger partial charge in [0.15, 0.2) is 5.82 Å². The molecule has 0 radical (unpaired) electrons. The number of piperidine rings is 1. The highest BCUT2D eigenvalue weighted by Crippen LogP contribution is 2.27. The summed E-state index contributed by atoms with van der Waals surface area (Å²) in [5, 5.41) is 17.4. The molecule has 1 aliphatic rings. The average Bonchev–Trinajstić information content (AvgIpc) is 3.02. The summed E-state index contributed by atoms with van der Waals surface area (Å²) in [6.45, 7) is 1.16. The van der Waals surface area contributed by atoms with E-state index < -0.39 is 0 Å². The molecule has 0 unspecified atom stereocenters. The molecule has 0 aliphatic carbocycles. The number of hydrogen-bond acceptors (Lipinski definition) is 6. The van der Waals surface area contributed by atoms with Crippen LogP contribution < -0.4 is 4.74 Å². The van der Waals surface area contributed by atoms with E-state index >= 15 is 0 Å². The summed E-state index contributed by atoms with van der Waals surface area (Å²) in [6.07, 6.45) is 3.20. The molecule has 1 aliphatic heterocycles. The van der Waals surface area contributed by atoms with Crippen LogP contribution in [0.5, 0.6) is 5.75 Å². The van der Waals surface area contributed by atoms with Crippen molar-refractivity contribution in [2.75, 3.05) is 20.2 Å². The third kappa shape index (κ3) is 3.09. The fourth-order valence-electron chi connectivity index (χ4n) is 3.03. The van der Waals surface area contributed by atoms with Crippen molar-refractivity contribution in [3.05, 3.63) is 35.7 Å². The fraction of sp³-hybridized carbons (Fsp3) is 0.500. The van der Waals surface area contributed by atoms with E-state index in [-0.39, 0.29) is 18.4 Å². The van der Waals surface area contributed by atoms with E-state index in [2.05, 4.69) is 15.2 Å². The lowest BCUT2D eigenvalue weighted by Crippen LogP contribution is -2.38. The predicted molar refractivity (Wildman–Crippen MR) is 85.6 cm³/mol. The summed E-state index contributed by atoms with van der Waals surface area (Å²) < 4.78 is 6.98. The Kier molecular flexibility index (Phi) is 4.75. The summed E-state index contributed by atoms with van der Waals surface area (Å²) in [6, 6.07) is 3.38. The first-order chi connectivity index (χ1) is 11.6. The number of carbonyl (C=O) groups excluding carboxylic acids is 1. The molecule has 0 spiro atoms. The van der Waals surface area contributed by atoms with Gasteiger partial charge in [-0.25, -0.2) is 0 Å². The number of amides is 1. The van der Waals surface area contributed by atoms with Gasteiger partial charge in [0.1, 0.15) is 23.9 Å². The maximum absolute atomic E-state index is 12.6. The van der Waals surface area contributed by atoms with E-state index in [0.717, 1.165) is 18.7 Å². The maximum Gasteiger partial charge on any atom is 0.272 e. The van der Waals surface area contributed by atoms with Crippen molar-refractivity contribution >= 4 is 5.91 Å². The van der Waals surface area contributed by atoms with Crippen molar-refractivity contribution < 1.29 is 14.6 Å². The number of aliphatic hydroxyl groups excluding tert-OH is 1. The molecular weight excluding hydrogens is 310 g/mol. The van der Waals surface area contributed by atoms with Crippen molar-refractivity contribution in [1.29, 1.82) is 0 Å². The molecule has 0 atom stereocenters. The summed E-state index contributed by atoms with van der Waals surface area (Å²) in [4.78, 5) is 18.5. The van der Waals surface area contributed by atoms with E-state index in [9.17, 15) is 9.90 Å². The molecule has 3 heterocycles. The first-order valence-electron chi connectivity index (χ1n) is 7.92. The Bertz CT molecular complexity index is 722. The van der Waals surface area contributed by atoms with Gasteiger partial charge in [0.25, 0.3) is 5.91 Å². The van der Waals surface area contributed by atoms with Crippen molar-refractivity contribution in [3.8, 4) is 5.75 Å². The van der Waals surface area contributed by atoms with Crippen LogP contribution >= 0.6 is 0 Å². The van der Waals surface area contributed by atoms with Gasteiger partial charge < -0.3 is 19.3 Å². The minimum absolute atomic E-state index is 0.0821. The second-order valence-electron chi connectivity index (χ2n) is 5.84. The third-order valence-corrected chi connectivity index (χ3v) is 4.47. The molecular formula is C16H21N5O3. The van der Waals surface area contributed by atoms with Gasteiger partial charge in [-0.15, -0.1) is 10.2 Å². The topological polar surface area (TPSA) is 93.4 Å². The highest BCUT2D eigenvalue weighted by molar-refractivity contribution is 5.92. The zero-order chi connectivity index (χ0) is 17.1. The normalized spacial score (nSPS) is 15.5. The van der Waals surface area contributed by atoms with Gasteiger partial charge in [0.2, 0.25) is 0 Å². The van der Waals surface area contributed by atoms with Crippen LogP contribution in [0.15, 0.2) is 18.3 Å². The van der Waals surface area contributed by atoms with Crippen molar-refractivity contribution in [2.24, 2.45) is 7.05 Å². The van der Waals surface area contributed by atoms with Gasteiger partial charge >= 0.3 is 0 Å². The quantitative estimate of drug-likeness (QED) is 0.888. The second kappa shape index (κ2) is 6.96. The fourth-order valence-corrected chi connectivity index (χ4v) is 3.03.